The standard InChI is InChI=1S/C20H27N5O2/c1-20(2,3)15-7-6-14-18(23-15)22-13(10-26-14)12-8-9-21-19-17(12)27-11-16(24-19)25(4)5/h6-9,13,16H,10-11H2,1-5H3,(H,21,24)(H,22,23). The SMILES string of the molecule is CN(C)C1COc2c(C3COc4ccc(C(C)(C)C)nc4N3)ccnc2N1. The first-order valence-corrected chi connectivity index (χ1v) is 9.28. The Hall–Kier alpha value is -2.54. The number of hydrogen-bond donors (Lipinski definition) is 2. The van der Waals surface area contributed by atoms with Crippen molar-refractivity contribution in [2.45, 2.75) is 38.4 Å². The summed E-state index contributed by atoms with van der Waals surface area (Å²) in [4.78, 5) is 11.3. The van der Waals surface area contributed by atoms with E-state index in [0.717, 1.165) is 34.4 Å². The Morgan fingerprint density at radius 2 is 1.85 bits per heavy atom. The van der Waals surface area contributed by atoms with Gasteiger partial charge in [0.1, 0.15) is 19.4 Å². The fourth-order valence-electron chi connectivity index (χ4n) is 3.26. The smallest absolute Gasteiger partial charge is 0.170 e. The summed E-state index contributed by atoms with van der Waals surface area (Å²) in [6, 6.07) is 5.96. The molecule has 0 saturated heterocycles. The number of rotatable bonds is 2. The number of hydrogen-bond acceptors (Lipinski definition) is 7. The van der Waals surface area contributed by atoms with Crippen molar-refractivity contribution in [2.24, 2.45) is 0 Å². The summed E-state index contributed by atoms with van der Waals surface area (Å²) in [5.41, 5.74) is 2.04. The minimum Gasteiger partial charge on any atom is -0.487 e. The van der Waals surface area contributed by atoms with E-state index in [4.69, 9.17) is 14.5 Å². The van der Waals surface area contributed by atoms with Gasteiger partial charge in [-0.3, -0.25) is 4.90 Å². The normalized spacial score (nSPS) is 21.3. The molecule has 7 heteroatoms. The van der Waals surface area contributed by atoms with Gasteiger partial charge in [-0.15, -0.1) is 0 Å². The van der Waals surface area contributed by atoms with Crippen molar-refractivity contribution >= 4 is 11.6 Å². The number of aromatic nitrogens is 2. The van der Waals surface area contributed by atoms with Crippen LogP contribution in [-0.2, 0) is 5.41 Å². The third kappa shape index (κ3) is 3.39. The van der Waals surface area contributed by atoms with E-state index in [1.165, 1.54) is 0 Å². The molecular weight excluding hydrogens is 342 g/mol. The highest BCUT2D eigenvalue weighted by atomic mass is 16.5. The Kier molecular flexibility index (Phi) is 4.34. The van der Waals surface area contributed by atoms with Crippen molar-refractivity contribution in [2.75, 3.05) is 37.9 Å². The number of fused-ring (bicyclic) bond motifs is 2. The van der Waals surface area contributed by atoms with Crippen molar-refractivity contribution in [3.63, 3.8) is 0 Å². The highest BCUT2D eigenvalue weighted by Gasteiger charge is 2.30. The molecule has 0 bridgehead atoms. The summed E-state index contributed by atoms with van der Waals surface area (Å²) in [5.74, 6) is 3.11. The van der Waals surface area contributed by atoms with E-state index in [-0.39, 0.29) is 17.6 Å². The fourth-order valence-corrected chi connectivity index (χ4v) is 3.26. The number of likely N-dealkylation sites (N-methyl/N-ethyl adjacent to an activating group) is 1. The molecule has 4 rings (SSSR count). The maximum Gasteiger partial charge on any atom is 0.170 e. The number of ether oxygens (including phenoxy) is 2. The predicted octanol–water partition coefficient (Wildman–Crippen LogP) is 3.01. The zero-order chi connectivity index (χ0) is 19.2. The largest absolute Gasteiger partial charge is 0.487 e. The molecule has 2 aliphatic rings. The second-order valence-electron chi connectivity index (χ2n) is 8.31. The van der Waals surface area contributed by atoms with E-state index in [0.29, 0.717) is 13.2 Å². The molecule has 0 aliphatic carbocycles. The van der Waals surface area contributed by atoms with Gasteiger partial charge in [0.25, 0.3) is 0 Å². The minimum atomic E-state index is -0.0466. The van der Waals surface area contributed by atoms with Crippen molar-refractivity contribution in [1.82, 2.24) is 14.9 Å². The molecule has 27 heavy (non-hydrogen) atoms. The Bertz CT molecular complexity index is 847. The van der Waals surface area contributed by atoms with Crippen LogP contribution in [0.4, 0.5) is 11.6 Å². The Balaban J connectivity index is 1.62. The summed E-state index contributed by atoms with van der Waals surface area (Å²) in [6.45, 7) is 7.55. The Morgan fingerprint density at radius 3 is 2.59 bits per heavy atom. The van der Waals surface area contributed by atoms with E-state index >= 15 is 0 Å². The van der Waals surface area contributed by atoms with Crippen molar-refractivity contribution in [3.05, 3.63) is 35.7 Å². The molecule has 0 saturated carbocycles. The van der Waals surface area contributed by atoms with E-state index in [1.54, 1.807) is 6.20 Å². The number of nitrogens with zero attached hydrogens (tertiary/aromatic N) is 3. The third-order valence-corrected chi connectivity index (χ3v) is 4.97. The third-order valence-electron chi connectivity index (χ3n) is 4.97. The van der Waals surface area contributed by atoms with E-state index in [2.05, 4.69) is 41.3 Å². The summed E-state index contributed by atoms with van der Waals surface area (Å²) >= 11 is 0. The molecular formula is C20H27N5O2. The van der Waals surface area contributed by atoms with Crippen LogP contribution in [0.25, 0.3) is 0 Å². The van der Waals surface area contributed by atoms with Gasteiger partial charge in [0.2, 0.25) is 0 Å². The Morgan fingerprint density at radius 1 is 1.04 bits per heavy atom. The zero-order valence-electron chi connectivity index (χ0n) is 16.5. The average molecular weight is 369 g/mol. The van der Waals surface area contributed by atoms with Gasteiger partial charge in [-0.1, -0.05) is 20.8 Å². The van der Waals surface area contributed by atoms with E-state index in [1.807, 2.05) is 32.3 Å². The average Bonchev–Trinajstić information content (AvgIpc) is 2.65. The first-order valence-electron chi connectivity index (χ1n) is 9.28. The van der Waals surface area contributed by atoms with Crippen LogP contribution < -0.4 is 20.1 Å². The van der Waals surface area contributed by atoms with Crippen LogP contribution in [0.1, 0.15) is 38.1 Å². The van der Waals surface area contributed by atoms with Gasteiger partial charge in [-0.2, -0.15) is 0 Å². The molecule has 2 N–H and O–H groups in total. The van der Waals surface area contributed by atoms with Gasteiger partial charge in [0, 0.05) is 22.9 Å². The van der Waals surface area contributed by atoms with Crippen LogP contribution in [0, 0.1) is 0 Å². The number of pyridine rings is 2. The van der Waals surface area contributed by atoms with Crippen LogP contribution >= 0.6 is 0 Å². The van der Waals surface area contributed by atoms with Gasteiger partial charge in [0.05, 0.1) is 6.04 Å². The maximum absolute atomic E-state index is 6.07. The molecule has 2 unspecified atom stereocenters. The lowest BCUT2D eigenvalue weighted by molar-refractivity contribution is 0.187. The molecule has 2 atom stereocenters. The topological polar surface area (TPSA) is 71.5 Å². The van der Waals surface area contributed by atoms with Gasteiger partial charge in [-0.05, 0) is 32.3 Å². The summed E-state index contributed by atoms with van der Waals surface area (Å²) in [7, 11) is 4.03. The van der Waals surface area contributed by atoms with Crippen LogP contribution in [-0.4, -0.2) is 48.3 Å². The van der Waals surface area contributed by atoms with Crippen molar-refractivity contribution in [3.8, 4) is 11.5 Å². The lowest BCUT2D eigenvalue weighted by Gasteiger charge is -2.34. The lowest BCUT2D eigenvalue weighted by Crippen LogP contribution is -2.43. The molecule has 0 fully saturated rings. The molecule has 0 aromatic carbocycles. The highest BCUT2D eigenvalue weighted by Crippen LogP contribution is 2.40. The molecule has 2 aromatic heterocycles. The quantitative estimate of drug-likeness (QED) is 0.843. The lowest BCUT2D eigenvalue weighted by atomic mass is 9.91. The monoisotopic (exact) mass is 369 g/mol. The summed E-state index contributed by atoms with van der Waals surface area (Å²) in [5, 5.41) is 6.96. The molecule has 0 amide bonds. The molecule has 144 valence electrons. The van der Waals surface area contributed by atoms with E-state index in [9.17, 15) is 0 Å². The Labute approximate surface area is 160 Å². The highest BCUT2D eigenvalue weighted by molar-refractivity contribution is 5.61. The van der Waals surface area contributed by atoms with Crippen LogP contribution in [0.3, 0.4) is 0 Å². The van der Waals surface area contributed by atoms with E-state index < -0.39 is 0 Å². The molecule has 7 nitrogen and oxygen atoms in total. The molecule has 0 radical (unpaired) electrons. The zero-order valence-corrected chi connectivity index (χ0v) is 16.5. The molecule has 2 aromatic rings. The second-order valence-corrected chi connectivity index (χ2v) is 8.31. The van der Waals surface area contributed by atoms with Gasteiger partial charge in [0.15, 0.2) is 23.1 Å². The predicted molar refractivity (Wildman–Crippen MR) is 106 cm³/mol. The van der Waals surface area contributed by atoms with Gasteiger partial charge in [-0.25, -0.2) is 9.97 Å². The van der Waals surface area contributed by atoms with Crippen LogP contribution in [0.5, 0.6) is 11.5 Å². The first-order chi connectivity index (χ1) is 12.8. The van der Waals surface area contributed by atoms with Crippen molar-refractivity contribution < 1.29 is 9.47 Å². The number of anilines is 2. The van der Waals surface area contributed by atoms with Crippen molar-refractivity contribution in [1.29, 1.82) is 0 Å². The maximum atomic E-state index is 6.07. The van der Waals surface area contributed by atoms with Crippen LogP contribution in [0.2, 0.25) is 0 Å². The van der Waals surface area contributed by atoms with Gasteiger partial charge >= 0.3 is 0 Å². The summed E-state index contributed by atoms with van der Waals surface area (Å²) in [6.07, 6.45) is 1.91. The fraction of sp³-hybridized carbons (Fsp3) is 0.500. The summed E-state index contributed by atoms with van der Waals surface area (Å²) < 4.78 is 12.0. The molecule has 0 spiro atoms. The second kappa shape index (κ2) is 6.56. The molecule has 4 heterocycles. The van der Waals surface area contributed by atoms with Gasteiger partial charge < -0.3 is 20.1 Å². The minimum absolute atomic E-state index is 0.0201. The van der Waals surface area contributed by atoms with Crippen LogP contribution in [0.15, 0.2) is 24.4 Å². The number of nitrogens with one attached hydrogen (secondary N) is 2. The first kappa shape index (κ1) is 17.9. The molecule has 2 aliphatic heterocycles.